The van der Waals surface area contributed by atoms with E-state index in [0.717, 1.165) is 23.1 Å². The highest BCUT2D eigenvalue weighted by Gasteiger charge is 2.31. The Morgan fingerprint density at radius 2 is 1.69 bits per heavy atom. The first kappa shape index (κ1) is 32.2. The van der Waals surface area contributed by atoms with Crippen molar-refractivity contribution >= 4 is 18.0 Å². The molecule has 0 heterocycles. The summed E-state index contributed by atoms with van der Waals surface area (Å²) in [6.45, 7) is 11.6. The molecular weight excluding hydrogens is 545 g/mol. The van der Waals surface area contributed by atoms with Gasteiger partial charge in [-0.3, -0.25) is 4.99 Å². The van der Waals surface area contributed by atoms with Gasteiger partial charge in [0.15, 0.2) is 5.75 Å². The van der Waals surface area contributed by atoms with Crippen molar-refractivity contribution in [3.63, 3.8) is 0 Å². The van der Waals surface area contributed by atoms with Gasteiger partial charge in [0, 0.05) is 18.3 Å². The summed E-state index contributed by atoms with van der Waals surface area (Å²) in [5.74, 6) is 0.156. The highest BCUT2D eigenvalue weighted by atomic mass is 19.4. The number of alkyl halides is 3. The fraction of sp³-hybridized carbons (Fsp3) is 0.333. The molecule has 42 heavy (non-hydrogen) atoms. The predicted molar refractivity (Wildman–Crippen MR) is 159 cm³/mol. The Balaban J connectivity index is 2.13. The molecule has 3 rings (SSSR count). The van der Waals surface area contributed by atoms with Crippen LogP contribution in [0.2, 0.25) is 0 Å². The number of hydrogen-bond acceptors (Lipinski definition) is 5. The fourth-order valence-electron chi connectivity index (χ4n) is 3.95. The number of allylic oxidation sites excluding steroid dienone is 2. The number of amides is 1. The van der Waals surface area contributed by atoms with Crippen molar-refractivity contribution in [3.05, 3.63) is 89.0 Å². The van der Waals surface area contributed by atoms with E-state index in [-0.39, 0.29) is 18.9 Å². The molecule has 224 valence electrons. The second-order valence-corrected chi connectivity index (χ2v) is 10.7. The van der Waals surface area contributed by atoms with E-state index in [1.165, 1.54) is 12.1 Å². The van der Waals surface area contributed by atoms with Gasteiger partial charge in [-0.1, -0.05) is 55.0 Å². The zero-order valence-electron chi connectivity index (χ0n) is 24.8. The lowest BCUT2D eigenvalue weighted by atomic mass is 9.95. The Hall–Kier alpha value is -4.27. The number of halogens is 3. The van der Waals surface area contributed by atoms with Gasteiger partial charge in [-0.05, 0) is 87.6 Å². The standard InChI is InChI=1S/C33H37F3N2O4/c1-7-22(2)17-18-37-29-23(3)28(25-13-15-27(16-14-25)41-33(34,35)36)19-26(20-38-31(39)42-32(4,5)6)30(29)40-21-24-11-9-8-10-12-24/h8-19H,7,20-21H2,1-6H3,(H,38,39)/b22-17+,37-18?. The maximum absolute atomic E-state index is 12.7. The summed E-state index contributed by atoms with van der Waals surface area (Å²) in [6, 6.07) is 17.1. The SMILES string of the molecule is CC/C(C)=C/C=Nc1c(C)c(-c2ccc(OC(F)(F)F)cc2)cc(CNC(=O)OC(C)(C)C)c1OCc1ccccc1. The van der Waals surface area contributed by atoms with Crippen molar-refractivity contribution in [2.75, 3.05) is 0 Å². The first-order chi connectivity index (χ1) is 19.8. The number of nitrogens with zero attached hydrogens (tertiary/aromatic N) is 1. The molecule has 0 aliphatic heterocycles. The molecule has 1 N–H and O–H groups in total. The van der Waals surface area contributed by atoms with Crippen LogP contribution in [0.1, 0.15) is 57.7 Å². The summed E-state index contributed by atoms with van der Waals surface area (Å²) in [4.78, 5) is 17.3. The third kappa shape index (κ3) is 9.98. The van der Waals surface area contributed by atoms with E-state index in [0.29, 0.717) is 28.1 Å². The number of alkyl carbamates (subject to hydrolysis) is 1. The summed E-state index contributed by atoms with van der Waals surface area (Å²) < 4.78 is 54.0. The fourth-order valence-corrected chi connectivity index (χ4v) is 3.95. The average Bonchev–Trinajstić information content (AvgIpc) is 2.91. The summed E-state index contributed by atoms with van der Waals surface area (Å²) >= 11 is 0. The molecule has 0 aromatic heterocycles. The number of rotatable bonds is 10. The van der Waals surface area contributed by atoms with Crippen molar-refractivity contribution in [2.24, 2.45) is 4.99 Å². The average molecular weight is 583 g/mol. The van der Waals surface area contributed by atoms with Crippen LogP contribution in [0.25, 0.3) is 11.1 Å². The van der Waals surface area contributed by atoms with Crippen LogP contribution in [0.4, 0.5) is 23.7 Å². The minimum Gasteiger partial charge on any atom is -0.486 e. The summed E-state index contributed by atoms with van der Waals surface area (Å²) in [7, 11) is 0. The molecular formula is C33H37F3N2O4. The number of nitrogens with one attached hydrogen (secondary N) is 1. The summed E-state index contributed by atoms with van der Waals surface area (Å²) in [6.07, 6.45) is -0.916. The Labute approximate surface area is 245 Å². The third-order valence-corrected chi connectivity index (χ3v) is 6.15. The van der Waals surface area contributed by atoms with Gasteiger partial charge in [-0.2, -0.15) is 0 Å². The van der Waals surface area contributed by atoms with Gasteiger partial charge in [0.05, 0.1) is 0 Å². The molecule has 9 heteroatoms. The molecule has 0 spiro atoms. The van der Waals surface area contributed by atoms with E-state index in [4.69, 9.17) is 14.5 Å². The maximum Gasteiger partial charge on any atom is 0.573 e. The van der Waals surface area contributed by atoms with E-state index in [1.54, 1.807) is 39.1 Å². The summed E-state index contributed by atoms with van der Waals surface area (Å²) in [5.41, 5.74) is 4.67. The van der Waals surface area contributed by atoms with Crippen molar-refractivity contribution in [2.45, 2.75) is 73.1 Å². The minimum atomic E-state index is -4.79. The van der Waals surface area contributed by atoms with E-state index in [9.17, 15) is 18.0 Å². The zero-order chi connectivity index (χ0) is 30.9. The number of aliphatic imine (C=N–C) groups is 1. The van der Waals surface area contributed by atoms with E-state index < -0.39 is 18.1 Å². The van der Waals surface area contributed by atoms with Crippen LogP contribution in [-0.4, -0.2) is 24.3 Å². The van der Waals surface area contributed by atoms with Crippen molar-refractivity contribution in [3.8, 4) is 22.6 Å². The largest absolute Gasteiger partial charge is 0.573 e. The number of carbonyl (C=O) groups is 1. The molecule has 6 nitrogen and oxygen atoms in total. The second-order valence-electron chi connectivity index (χ2n) is 10.7. The van der Waals surface area contributed by atoms with Crippen molar-refractivity contribution in [1.29, 1.82) is 0 Å². The number of carbonyl (C=O) groups excluding carboxylic acids is 1. The molecule has 0 fully saturated rings. The molecule has 3 aromatic rings. The van der Waals surface area contributed by atoms with Crippen LogP contribution in [0, 0.1) is 6.92 Å². The number of hydrogen-bond donors (Lipinski definition) is 1. The topological polar surface area (TPSA) is 69.2 Å². The molecule has 0 aliphatic rings. The van der Waals surface area contributed by atoms with Crippen LogP contribution in [0.3, 0.4) is 0 Å². The first-order valence-electron chi connectivity index (χ1n) is 13.6. The highest BCUT2D eigenvalue weighted by Crippen LogP contribution is 2.42. The van der Waals surface area contributed by atoms with Gasteiger partial charge in [0.2, 0.25) is 0 Å². The van der Waals surface area contributed by atoms with Gasteiger partial charge in [0.1, 0.15) is 23.6 Å². The van der Waals surface area contributed by atoms with Crippen molar-refractivity contribution in [1.82, 2.24) is 5.32 Å². The van der Waals surface area contributed by atoms with Crippen LogP contribution in [-0.2, 0) is 17.9 Å². The van der Waals surface area contributed by atoms with Crippen molar-refractivity contribution < 1.29 is 32.2 Å². The van der Waals surface area contributed by atoms with Crippen LogP contribution in [0.5, 0.6) is 11.5 Å². The van der Waals surface area contributed by atoms with Crippen LogP contribution >= 0.6 is 0 Å². The monoisotopic (exact) mass is 582 g/mol. The second kappa shape index (κ2) is 14.1. The van der Waals surface area contributed by atoms with Crippen LogP contribution in [0.15, 0.2) is 77.3 Å². The normalized spacial score (nSPS) is 12.4. The molecule has 0 saturated carbocycles. The lowest BCUT2D eigenvalue weighted by Gasteiger charge is -2.22. The Kier molecular flexibility index (Phi) is 10.8. The molecule has 0 saturated heterocycles. The van der Waals surface area contributed by atoms with Crippen LogP contribution < -0.4 is 14.8 Å². The molecule has 0 atom stereocenters. The molecule has 3 aromatic carbocycles. The Bertz CT molecular complexity index is 1410. The lowest BCUT2D eigenvalue weighted by Crippen LogP contribution is -2.32. The highest BCUT2D eigenvalue weighted by molar-refractivity contribution is 5.83. The van der Waals surface area contributed by atoms with E-state index in [2.05, 4.69) is 10.1 Å². The van der Waals surface area contributed by atoms with Gasteiger partial charge < -0.3 is 19.5 Å². The van der Waals surface area contributed by atoms with Gasteiger partial charge in [-0.15, -0.1) is 13.2 Å². The smallest absolute Gasteiger partial charge is 0.486 e. The molecule has 0 aliphatic carbocycles. The molecule has 0 bridgehead atoms. The quantitative estimate of drug-likeness (QED) is 0.242. The minimum absolute atomic E-state index is 0.0634. The lowest BCUT2D eigenvalue weighted by molar-refractivity contribution is -0.274. The number of ether oxygens (including phenoxy) is 3. The first-order valence-corrected chi connectivity index (χ1v) is 13.6. The van der Waals surface area contributed by atoms with Gasteiger partial charge >= 0.3 is 12.5 Å². The molecule has 1 amide bonds. The third-order valence-electron chi connectivity index (χ3n) is 6.15. The van der Waals surface area contributed by atoms with E-state index >= 15 is 0 Å². The molecule has 0 radical (unpaired) electrons. The molecule has 0 unspecified atom stereocenters. The number of benzene rings is 3. The summed E-state index contributed by atoms with van der Waals surface area (Å²) in [5, 5.41) is 2.79. The van der Waals surface area contributed by atoms with E-state index in [1.807, 2.05) is 63.2 Å². The van der Waals surface area contributed by atoms with Gasteiger partial charge in [-0.25, -0.2) is 4.79 Å². The van der Waals surface area contributed by atoms with Gasteiger partial charge in [0.25, 0.3) is 0 Å². The Morgan fingerprint density at radius 3 is 2.29 bits per heavy atom. The zero-order valence-corrected chi connectivity index (χ0v) is 24.8. The maximum atomic E-state index is 12.7. The predicted octanol–water partition coefficient (Wildman–Crippen LogP) is 9.22. The Morgan fingerprint density at radius 1 is 1.02 bits per heavy atom.